The Morgan fingerprint density at radius 1 is 1.08 bits per heavy atom. The molecule has 3 aromatic rings. The molecule has 0 atom stereocenters. The van der Waals surface area contributed by atoms with Crippen molar-refractivity contribution in [2.24, 2.45) is 0 Å². The fraction of sp³-hybridized carbons (Fsp3) is 0.280. The van der Waals surface area contributed by atoms with Crippen LogP contribution in [0, 0.1) is 0 Å². The highest BCUT2D eigenvalue weighted by molar-refractivity contribution is 6.30. The molecule has 2 amide bonds. The summed E-state index contributed by atoms with van der Waals surface area (Å²) in [6, 6.07) is 14.3. The Bertz CT molecular complexity index is 1290. The summed E-state index contributed by atoms with van der Waals surface area (Å²) in [5.74, 6) is -0.637. The van der Waals surface area contributed by atoms with Crippen molar-refractivity contribution in [2.45, 2.75) is 32.0 Å². The van der Waals surface area contributed by atoms with E-state index in [1.165, 1.54) is 17.7 Å². The zero-order valence-corrected chi connectivity index (χ0v) is 20.1. The minimum absolute atomic E-state index is 0.00461. The summed E-state index contributed by atoms with van der Waals surface area (Å²) in [7, 11) is 1.45. The number of carbonyl (C=O) groups is 2. The standard InChI is InChI=1S/C25H24ClF3N4O3/c1-30-22(34)14-31-24(36)18-5-2-4-16(12-18)15-33-21(6-3-11-25(27,28)29)32-20(13-23(33)35)17-7-9-19(26)10-8-17/h2,4-5,7-10,12-13H,3,6,11,14-15H2,1H3,(H,30,34)(H,31,36). The average molecular weight is 521 g/mol. The maximum Gasteiger partial charge on any atom is 0.389 e. The minimum Gasteiger partial charge on any atom is -0.358 e. The lowest BCUT2D eigenvalue weighted by Crippen LogP contribution is -2.35. The molecule has 0 unspecified atom stereocenters. The number of benzene rings is 2. The van der Waals surface area contributed by atoms with Gasteiger partial charge in [-0.15, -0.1) is 0 Å². The SMILES string of the molecule is CNC(=O)CNC(=O)c1cccc(Cn2c(CCCC(F)(F)F)nc(-c3ccc(Cl)cc3)cc2=O)c1. The zero-order chi connectivity index (χ0) is 26.3. The van der Waals surface area contributed by atoms with Gasteiger partial charge in [-0.05, 0) is 36.2 Å². The molecule has 0 aliphatic heterocycles. The molecular weight excluding hydrogens is 497 g/mol. The first-order chi connectivity index (χ1) is 17.1. The molecule has 0 aliphatic carbocycles. The number of hydrogen-bond donors (Lipinski definition) is 2. The Balaban J connectivity index is 1.91. The van der Waals surface area contributed by atoms with Crippen molar-refractivity contribution < 1.29 is 22.8 Å². The van der Waals surface area contributed by atoms with Crippen molar-refractivity contribution in [3.63, 3.8) is 0 Å². The summed E-state index contributed by atoms with van der Waals surface area (Å²) >= 11 is 5.92. The molecule has 0 saturated carbocycles. The molecule has 2 aromatic carbocycles. The molecule has 2 N–H and O–H groups in total. The number of hydrogen-bond acceptors (Lipinski definition) is 4. The summed E-state index contributed by atoms with van der Waals surface area (Å²) < 4.78 is 39.6. The molecular formula is C25H24ClF3N4O3. The lowest BCUT2D eigenvalue weighted by atomic mass is 10.1. The molecule has 0 fully saturated rings. The highest BCUT2D eigenvalue weighted by Crippen LogP contribution is 2.23. The molecule has 0 aliphatic rings. The first kappa shape index (κ1) is 26.9. The number of halogens is 4. The first-order valence-corrected chi connectivity index (χ1v) is 11.4. The average Bonchev–Trinajstić information content (AvgIpc) is 2.84. The van der Waals surface area contributed by atoms with E-state index in [1.54, 1.807) is 48.5 Å². The van der Waals surface area contributed by atoms with Gasteiger partial charge >= 0.3 is 6.18 Å². The van der Waals surface area contributed by atoms with Crippen LogP contribution in [0.25, 0.3) is 11.3 Å². The van der Waals surface area contributed by atoms with Crippen LogP contribution in [-0.2, 0) is 17.8 Å². The quantitative estimate of drug-likeness (QED) is 0.446. The fourth-order valence-electron chi connectivity index (χ4n) is 3.47. The van der Waals surface area contributed by atoms with Crippen LogP contribution in [0.1, 0.15) is 34.6 Å². The topological polar surface area (TPSA) is 93.1 Å². The van der Waals surface area contributed by atoms with Crippen LogP contribution in [-0.4, -0.2) is 41.1 Å². The molecule has 0 bridgehead atoms. The Labute approximate surface area is 210 Å². The number of aryl methyl sites for hydroxylation is 1. The molecule has 7 nitrogen and oxygen atoms in total. The van der Waals surface area contributed by atoms with Crippen molar-refractivity contribution in [1.82, 2.24) is 20.2 Å². The number of nitrogens with one attached hydrogen (secondary N) is 2. The smallest absolute Gasteiger partial charge is 0.358 e. The van der Waals surface area contributed by atoms with Crippen LogP contribution >= 0.6 is 11.6 Å². The van der Waals surface area contributed by atoms with E-state index < -0.39 is 24.1 Å². The Kier molecular flexibility index (Phi) is 8.87. The van der Waals surface area contributed by atoms with Crippen LogP contribution < -0.4 is 16.2 Å². The lowest BCUT2D eigenvalue weighted by Gasteiger charge is -2.15. The van der Waals surface area contributed by atoms with E-state index in [0.29, 0.717) is 21.8 Å². The van der Waals surface area contributed by atoms with Crippen molar-refractivity contribution in [3.8, 4) is 11.3 Å². The van der Waals surface area contributed by atoms with Crippen LogP contribution in [0.2, 0.25) is 5.02 Å². The van der Waals surface area contributed by atoms with E-state index in [-0.39, 0.29) is 43.2 Å². The first-order valence-electron chi connectivity index (χ1n) is 11.1. The number of carbonyl (C=O) groups excluding carboxylic acids is 2. The zero-order valence-electron chi connectivity index (χ0n) is 19.4. The monoisotopic (exact) mass is 520 g/mol. The molecule has 0 saturated heterocycles. The second-order valence-electron chi connectivity index (χ2n) is 8.01. The molecule has 11 heteroatoms. The highest BCUT2D eigenvalue weighted by atomic mass is 35.5. The lowest BCUT2D eigenvalue weighted by molar-refractivity contribution is -0.135. The van der Waals surface area contributed by atoms with Gasteiger partial charge in [0.1, 0.15) is 5.82 Å². The van der Waals surface area contributed by atoms with Crippen molar-refractivity contribution >= 4 is 23.4 Å². The van der Waals surface area contributed by atoms with Crippen molar-refractivity contribution in [1.29, 1.82) is 0 Å². The van der Waals surface area contributed by atoms with E-state index in [9.17, 15) is 27.6 Å². The maximum atomic E-state index is 13.0. The number of amides is 2. The van der Waals surface area contributed by atoms with Gasteiger partial charge in [0.05, 0.1) is 18.8 Å². The highest BCUT2D eigenvalue weighted by Gasteiger charge is 2.26. The van der Waals surface area contributed by atoms with Gasteiger partial charge in [0.2, 0.25) is 5.91 Å². The van der Waals surface area contributed by atoms with Gasteiger partial charge in [-0.1, -0.05) is 35.9 Å². The second kappa shape index (κ2) is 11.9. The predicted molar refractivity (Wildman–Crippen MR) is 130 cm³/mol. The number of likely N-dealkylation sites (N-methyl/N-ethyl adjacent to an activating group) is 1. The molecule has 1 heterocycles. The summed E-state index contributed by atoms with van der Waals surface area (Å²) in [5.41, 5.74) is 1.34. The summed E-state index contributed by atoms with van der Waals surface area (Å²) in [6.07, 6.45) is -5.63. The van der Waals surface area contributed by atoms with E-state index in [4.69, 9.17) is 11.6 Å². The maximum absolute atomic E-state index is 13.0. The predicted octanol–water partition coefficient (Wildman–Crippen LogP) is 3.97. The Hall–Kier alpha value is -3.66. The molecule has 3 rings (SSSR count). The van der Waals surface area contributed by atoms with Crippen LogP contribution in [0.3, 0.4) is 0 Å². The fourth-order valence-corrected chi connectivity index (χ4v) is 3.60. The third-order valence-electron chi connectivity index (χ3n) is 5.31. The largest absolute Gasteiger partial charge is 0.389 e. The number of alkyl halides is 3. The van der Waals surface area contributed by atoms with Crippen molar-refractivity contribution in [2.75, 3.05) is 13.6 Å². The third-order valence-corrected chi connectivity index (χ3v) is 5.56. The third kappa shape index (κ3) is 7.67. The van der Waals surface area contributed by atoms with E-state index >= 15 is 0 Å². The van der Waals surface area contributed by atoms with Gasteiger partial charge in [-0.2, -0.15) is 13.2 Å². The molecule has 36 heavy (non-hydrogen) atoms. The van der Waals surface area contributed by atoms with Crippen LogP contribution in [0.15, 0.2) is 59.4 Å². The van der Waals surface area contributed by atoms with Gasteiger partial charge in [-0.25, -0.2) is 4.98 Å². The molecule has 190 valence electrons. The van der Waals surface area contributed by atoms with Crippen LogP contribution in [0.4, 0.5) is 13.2 Å². The summed E-state index contributed by atoms with van der Waals surface area (Å²) in [4.78, 5) is 41.3. The number of rotatable bonds is 9. The normalized spacial score (nSPS) is 11.2. The van der Waals surface area contributed by atoms with Crippen molar-refractivity contribution in [3.05, 3.63) is 86.9 Å². The van der Waals surface area contributed by atoms with E-state index in [0.717, 1.165) is 0 Å². The summed E-state index contributed by atoms with van der Waals surface area (Å²) in [6.45, 7) is -0.191. The Morgan fingerprint density at radius 3 is 2.47 bits per heavy atom. The van der Waals surface area contributed by atoms with E-state index in [1.807, 2.05) is 0 Å². The molecule has 0 spiro atoms. The number of nitrogens with zero attached hydrogens (tertiary/aromatic N) is 2. The minimum atomic E-state index is -4.32. The van der Waals surface area contributed by atoms with Gasteiger partial charge < -0.3 is 10.6 Å². The van der Waals surface area contributed by atoms with Gasteiger partial charge in [-0.3, -0.25) is 19.0 Å². The second-order valence-corrected chi connectivity index (χ2v) is 8.45. The van der Waals surface area contributed by atoms with Crippen LogP contribution in [0.5, 0.6) is 0 Å². The summed E-state index contributed by atoms with van der Waals surface area (Å²) in [5, 5.41) is 5.38. The molecule has 0 radical (unpaired) electrons. The Morgan fingerprint density at radius 2 is 1.81 bits per heavy atom. The van der Waals surface area contributed by atoms with Gasteiger partial charge in [0.15, 0.2) is 0 Å². The van der Waals surface area contributed by atoms with Gasteiger partial charge in [0, 0.05) is 42.1 Å². The van der Waals surface area contributed by atoms with E-state index in [2.05, 4.69) is 15.6 Å². The molecule has 1 aromatic heterocycles. The van der Waals surface area contributed by atoms with Gasteiger partial charge in [0.25, 0.3) is 11.5 Å². The number of aromatic nitrogens is 2.